The molecule has 0 saturated heterocycles. The maximum Gasteiger partial charge on any atom is 0.0621 e. The van der Waals surface area contributed by atoms with Gasteiger partial charge in [0.1, 0.15) is 0 Å². The van der Waals surface area contributed by atoms with Crippen molar-refractivity contribution in [3.05, 3.63) is 0 Å². The second kappa shape index (κ2) is 7.79. The lowest BCUT2D eigenvalue weighted by Gasteiger charge is -2.30. The van der Waals surface area contributed by atoms with E-state index in [0.29, 0.717) is 12.5 Å². The summed E-state index contributed by atoms with van der Waals surface area (Å²) in [5.74, 6) is 0.860. The molecule has 0 spiro atoms. The molecule has 1 N–H and O–H groups in total. The molecule has 0 heterocycles. The smallest absolute Gasteiger partial charge is 0.0621 e. The molecule has 0 aromatic carbocycles. The number of nitrogens with zero attached hydrogens (tertiary/aromatic N) is 1. The summed E-state index contributed by atoms with van der Waals surface area (Å²) in [5, 5.41) is 12.4. The zero-order chi connectivity index (χ0) is 13.4. The number of nitrogens with one attached hydrogen (secondary N) is 1. The van der Waals surface area contributed by atoms with Crippen LogP contribution in [-0.4, -0.2) is 12.6 Å². The van der Waals surface area contributed by atoms with Crippen LogP contribution < -0.4 is 5.32 Å². The minimum Gasteiger partial charge on any atom is -0.313 e. The summed E-state index contributed by atoms with van der Waals surface area (Å²) in [6.07, 6.45) is 10.1. The van der Waals surface area contributed by atoms with Gasteiger partial charge < -0.3 is 5.32 Å². The standard InChI is InChI=1S/C16H30N2/c1-14(15-9-6-4-5-7-10-15)18-13-16(2,3)11-8-12-17/h14-15,18H,4-11,13H2,1-3H3/t14-/m0/s1. The van der Waals surface area contributed by atoms with Crippen molar-refractivity contribution < 1.29 is 0 Å². The lowest BCUT2D eigenvalue weighted by molar-refractivity contribution is 0.263. The molecular weight excluding hydrogens is 220 g/mol. The van der Waals surface area contributed by atoms with Gasteiger partial charge in [0.15, 0.2) is 0 Å². The Morgan fingerprint density at radius 3 is 2.39 bits per heavy atom. The maximum atomic E-state index is 8.67. The van der Waals surface area contributed by atoms with Crippen LogP contribution in [0.5, 0.6) is 0 Å². The summed E-state index contributed by atoms with van der Waals surface area (Å²) in [7, 11) is 0. The third kappa shape index (κ3) is 5.87. The molecule has 1 aliphatic rings. The molecule has 0 radical (unpaired) electrons. The number of hydrogen-bond acceptors (Lipinski definition) is 2. The van der Waals surface area contributed by atoms with Crippen LogP contribution in [0.2, 0.25) is 0 Å². The van der Waals surface area contributed by atoms with Gasteiger partial charge in [0.05, 0.1) is 6.07 Å². The van der Waals surface area contributed by atoms with Crippen molar-refractivity contribution in [1.82, 2.24) is 5.32 Å². The van der Waals surface area contributed by atoms with E-state index >= 15 is 0 Å². The average molecular weight is 250 g/mol. The Balaban J connectivity index is 2.30. The van der Waals surface area contributed by atoms with Crippen molar-refractivity contribution >= 4 is 0 Å². The highest BCUT2D eigenvalue weighted by Gasteiger charge is 2.22. The first-order valence-electron chi connectivity index (χ1n) is 7.65. The quantitative estimate of drug-likeness (QED) is 0.715. The number of nitriles is 1. The Morgan fingerprint density at radius 2 is 1.83 bits per heavy atom. The van der Waals surface area contributed by atoms with Crippen molar-refractivity contribution in [2.24, 2.45) is 11.3 Å². The van der Waals surface area contributed by atoms with E-state index < -0.39 is 0 Å². The molecule has 0 amide bonds. The molecule has 1 fully saturated rings. The van der Waals surface area contributed by atoms with Gasteiger partial charge in [0.25, 0.3) is 0 Å². The van der Waals surface area contributed by atoms with Crippen molar-refractivity contribution in [3.63, 3.8) is 0 Å². The first-order valence-corrected chi connectivity index (χ1v) is 7.65. The molecule has 0 bridgehead atoms. The predicted octanol–water partition coefficient (Wildman–Crippen LogP) is 4.26. The summed E-state index contributed by atoms with van der Waals surface area (Å²) < 4.78 is 0. The molecule has 0 unspecified atom stereocenters. The molecule has 2 heteroatoms. The van der Waals surface area contributed by atoms with Gasteiger partial charge in [0, 0.05) is 19.0 Å². The van der Waals surface area contributed by atoms with E-state index in [0.717, 1.165) is 18.9 Å². The summed E-state index contributed by atoms with van der Waals surface area (Å²) >= 11 is 0. The summed E-state index contributed by atoms with van der Waals surface area (Å²) in [5.41, 5.74) is 0.245. The van der Waals surface area contributed by atoms with E-state index in [9.17, 15) is 0 Å². The molecule has 18 heavy (non-hydrogen) atoms. The van der Waals surface area contributed by atoms with Crippen LogP contribution in [0, 0.1) is 22.7 Å². The third-order valence-electron chi connectivity index (χ3n) is 4.42. The van der Waals surface area contributed by atoms with E-state index in [1.807, 2.05) is 0 Å². The van der Waals surface area contributed by atoms with Crippen molar-refractivity contribution in [1.29, 1.82) is 5.26 Å². The zero-order valence-electron chi connectivity index (χ0n) is 12.5. The van der Waals surface area contributed by atoms with Gasteiger partial charge in [-0.2, -0.15) is 5.26 Å². The second-order valence-electron chi connectivity index (χ2n) is 6.74. The predicted molar refractivity (Wildman–Crippen MR) is 77.3 cm³/mol. The van der Waals surface area contributed by atoms with Crippen LogP contribution in [0.1, 0.15) is 72.1 Å². The van der Waals surface area contributed by atoms with E-state index in [1.165, 1.54) is 38.5 Å². The van der Waals surface area contributed by atoms with Crippen molar-refractivity contribution in [3.8, 4) is 6.07 Å². The van der Waals surface area contributed by atoms with Gasteiger partial charge in [-0.05, 0) is 37.5 Å². The van der Waals surface area contributed by atoms with Gasteiger partial charge in [-0.3, -0.25) is 0 Å². The lowest BCUT2D eigenvalue weighted by atomic mass is 9.86. The Labute approximate surface area is 113 Å². The SMILES string of the molecule is C[C@H](NCC(C)(C)CCC#N)C1CCCCCC1. The third-order valence-corrected chi connectivity index (χ3v) is 4.42. The highest BCUT2D eigenvalue weighted by molar-refractivity contribution is 4.82. The van der Waals surface area contributed by atoms with Gasteiger partial charge in [-0.1, -0.05) is 39.5 Å². The molecular formula is C16H30N2. The van der Waals surface area contributed by atoms with Gasteiger partial charge in [0.2, 0.25) is 0 Å². The monoisotopic (exact) mass is 250 g/mol. The molecule has 0 aromatic rings. The minimum atomic E-state index is 0.245. The van der Waals surface area contributed by atoms with Crippen molar-refractivity contribution in [2.45, 2.75) is 78.2 Å². The Morgan fingerprint density at radius 1 is 1.22 bits per heavy atom. The summed E-state index contributed by atoms with van der Waals surface area (Å²) in [6.45, 7) is 7.90. The number of hydrogen-bond donors (Lipinski definition) is 1. The van der Waals surface area contributed by atoms with Crippen LogP contribution in [0.15, 0.2) is 0 Å². The largest absolute Gasteiger partial charge is 0.313 e. The van der Waals surface area contributed by atoms with E-state index in [2.05, 4.69) is 32.2 Å². The highest BCUT2D eigenvalue weighted by atomic mass is 14.9. The molecule has 104 valence electrons. The maximum absolute atomic E-state index is 8.67. The molecule has 1 rings (SSSR count). The molecule has 0 aliphatic heterocycles. The summed E-state index contributed by atoms with van der Waals surface area (Å²) in [4.78, 5) is 0. The normalized spacial score (nSPS) is 20.1. The zero-order valence-corrected chi connectivity index (χ0v) is 12.5. The fourth-order valence-electron chi connectivity index (χ4n) is 2.90. The van der Waals surface area contributed by atoms with Crippen LogP contribution in [0.25, 0.3) is 0 Å². The van der Waals surface area contributed by atoms with Crippen LogP contribution >= 0.6 is 0 Å². The molecule has 1 aliphatic carbocycles. The molecule has 0 aromatic heterocycles. The van der Waals surface area contributed by atoms with Gasteiger partial charge in [-0.15, -0.1) is 0 Å². The number of rotatable bonds is 6. The minimum absolute atomic E-state index is 0.245. The average Bonchev–Trinajstić information content (AvgIpc) is 2.62. The van der Waals surface area contributed by atoms with Crippen LogP contribution in [-0.2, 0) is 0 Å². The fourth-order valence-corrected chi connectivity index (χ4v) is 2.90. The Bertz CT molecular complexity index is 257. The topological polar surface area (TPSA) is 35.8 Å². The van der Waals surface area contributed by atoms with E-state index in [1.54, 1.807) is 0 Å². The fraction of sp³-hybridized carbons (Fsp3) is 0.938. The molecule has 2 nitrogen and oxygen atoms in total. The lowest BCUT2D eigenvalue weighted by Crippen LogP contribution is -2.39. The second-order valence-corrected chi connectivity index (χ2v) is 6.74. The molecule has 1 saturated carbocycles. The Kier molecular flexibility index (Phi) is 6.71. The van der Waals surface area contributed by atoms with Crippen LogP contribution in [0.3, 0.4) is 0 Å². The van der Waals surface area contributed by atoms with E-state index in [4.69, 9.17) is 5.26 Å². The molecule has 1 atom stereocenters. The van der Waals surface area contributed by atoms with Gasteiger partial charge in [-0.25, -0.2) is 0 Å². The van der Waals surface area contributed by atoms with Crippen LogP contribution in [0.4, 0.5) is 0 Å². The van der Waals surface area contributed by atoms with Crippen molar-refractivity contribution in [2.75, 3.05) is 6.54 Å². The summed E-state index contributed by atoms with van der Waals surface area (Å²) in [6, 6.07) is 2.88. The Hall–Kier alpha value is -0.550. The van der Waals surface area contributed by atoms with E-state index in [-0.39, 0.29) is 5.41 Å². The first kappa shape index (κ1) is 15.5. The van der Waals surface area contributed by atoms with Gasteiger partial charge >= 0.3 is 0 Å². The highest BCUT2D eigenvalue weighted by Crippen LogP contribution is 2.27. The first-order chi connectivity index (χ1) is 8.55.